The van der Waals surface area contributed by atoms with Crippen molar-refractivity contribution in [3.8, 4) is 5.88 Å². The first-order valence-electron chi connectivity index (χ1n) is 9.01. The van der Waals surface area contributed by atoms with Crippen LogP contribution in [0.15, 0.2) is 12.4 Å². The molecular weight excluding hydrogens is 318 g/mol. The average Bonchev–Trinajstić information content (AvgIpc) is 3.17. The molecule has 1 aliphatic rings. The molecule has 0 spiro atoms. The summed E-state index contributed by atoms with van der Waals surface area (Å²) in [6, 6.07) is 0. The minimum Gasteiger partial charge on any atom is -0.481 e. The molecule has 1 aliphatic heterocycles. The van der Waals surface area contributed by atoms with Gasteiger partial charge in [0.25, 0.3) is 0 Å². The van der Waals surface area contributed by atoms with E-state index in [4.69, 9.17) is 4.74 Å². The van der Waals surface area contributed by atoms with E-state index in [1.165, 1.54) is 5.56 Å². The van der Waals surface area contributed by atoms with E-state index in [0.717, 1.165) is 56.3 Å². The Hall–Kier alpha value is -1.86. The first-order chi connectivity index (χ1) is 12.0. The average molecular weight is 347 g/mol. The first-order valence-corrected chi connectivity index (χ1v) is 9.01. The van der Waals surface area contributed by atoms with Crippen LogP contribution in [0, 0.1) is 5.92 Å². The maximum Gasteiger partial charge on any atom is 0.216 e. The molecule has 1 saturated heterocycles. The summed E-state index contributed by atoms with van der Waals surface area (Å²) >= 11 is 0. The zero-order valence-electron chi connectivity index (χ0n) is 15.6. The van der Waals surface area contributed by atoms with Crippen molar-refractivity contribution in [2.75, 3.05) is 20.2 Å². The molecule has 0 radical (unpaired) electrons. The molecule has 0 bridgehead atoms. The standard InChI is InChI=1S/C18H29N5O2/c1-5-15-14(18(25-4)22(3)20-15)12-23-9-6-13(7-10-23)16(24)17-19-8-11-21(17)2/h8,11,13,16,24H,5-7,9-10,12H2,1-4H3. The van der Waals surface area contributed by atoms with E-state index in [1.807, 2.05) is 29.5 Å². The minimum atomic E-state index is -0.485. The zero-order chi connectivity index (χ0) is 18.0. The fourth-order valence-electron chi connectivity index (χ4n) is 3.83. The van der Waals surface area contributed by atoms with E-state index in [-0.39, 0.29) is 5.92 Å². The lowest BCUT2D eigenvalue weighted by molar-refractivity contribution is 0.0489. The lowest BCUT2D eigenvalue weighted by Gasteiger charge is -2.34. The molecule has 1 fully saturated rings. The number of aliphatic hydroxyl groups excluding tert-OH is 1. The molecule has 0 aromatic carbocycles. The summed E-state index contributed by atoms with van der Waals surface area (Å²) in [5.41, 5.74) is 2.30. The van der Waals surface area contributed by atoms with Crippen LogP contribution >= 0.6 is 0 Å². The van der Waals surface area contributed by atoms with Gasteiger partial charge < -0.3 is 14.4 Å². The van der Waals surface area contributed by atoms with Gasteiger partial charge in [-0.1, -0.05) is 6.92 Å². The van der Waals surface area contributed by atoms with Gasteiger partial charge in [-0.3, -0.25) is 4.90 Å². The SMILES string of the molecule is CCc1nn(C)c(OC)c1CN1CCC(C(O)c2nccn2C)CC1. The summed E-state index contributed by atoms with van der Waals surface area (Å²) in [6.07, 6.45) is 5.99. The predicted molar refractivity (Wildman–Crippen MR) is 95.3 cm³/mol. The monoisotopic (exact) mass is 347 g/mol. The third-order valence-electron chi connectivity index (χ3n) is 5.28. The Labute approximate surface area is 149 Å². The second-order valence-corrected chi connectivity index (χ2v) is 6.87. The van der Waals surface area contributed by atoms with Crippen molar-refractivity contribution < 1.29 is 9.84 Å². The van der Waals surface area contributed by atoms with Crippen LogP contribution in [0.1, 0.15) is 43.0 Å². The Morgan fingerprint density at radius 1 is 1.32 bits per heavy atom. The van der Waals surface area contributed by atoms with E-state index < -0.39 is 6.10 Å². The van der Waals surface area contributed by atoms with Gasteiger partial charge >= 0.3 is 0 Å². The van der Waals surface area contributed by atoms with Gasteiger partial charge in [0.05, 0.1) is 18.4 Å². The summed E-state index contributed by atoms with van der Waals surface area (Å²) in [5, 5.41) is 15.2. The van der Waals surface area contributed by atoms with Gasteiger partial charge in [0, 0.05) is 33.0 Å². The molecule has 138 valence electrons. The van der Waals surface area contributed by atoms with E-state index in [9.17, 15) is 5.11 Å². The van der Waals surface area contributed by atoms with Crippen LogP contribution in [-0.4, -0.2) is 49.5 Å². The number of aryl methyl sites for hydroxylation is 3. The highest BCUT2D eigenvalue weighted by molar-refractivity contribution is 5.31. The topological polar surface area (TPSA) is 68.3 Å². The van der Waals surface area contributed by atoms with Crippen LogP contribution in [0.2, 0.25) is 0 Å². The van der Waals surface area contributed by atoms with Gasteiger partial charge in [-0.2, -0.15) is 5.10 Å². The number of imidazole rings is 1. The molecule has 2 aromatic heterocycles. The number of aromatic nitrogens is 4. The maximum atomic E-state index is 10.6. The number of likely N-dealkylation sites (tertiary alicyclic amines) is 1. The van der Waals surface area contributed by atoms with Crippen molar-refractivity contribution in [1.29, 1.82) is 0 Å². The van der Waals surface area contributed by atoms with Crippen molar-refractivity contribution in [2.24, 2.45) is 20.0 Å². The van der Waals surface area contributed by atoms with Gasteiger partial charge in [-0.25, -0.2) is 9.67 Å². The Morgan fingerprint density at radius 3 is 2.60 bits per heavy atom. The second-order valence-electron chi connectivity index (χ2n) is 6.87. The molecule has 1 unspecified atom stereocenters. The number of rotatable bonds is 6. The summed E-state index contributed by atoms with van der Waals surface area (Å²) in [4.78, 5) is 6.73. The van der Waals surface area contributed by atoms with E-state index in [1.54, 1.807) is 13.3 Å². The molecule has 1 atom stereocenters. The normalized spacial score (nSPS) is 17.8. The number of nitrogens with zero attached hydrogens (tertiary/aromatic N) is 5. The quantitative estimate of drug-likeness (QED) is 0.861. The summed E-state index contributed by atoms with van der Waals surface area (Å²) in [5.74, 6) is 1.88. The lowest BCUT2D eigenvalue weighted by Crippen LogP contribution is -2.35. The van der Waals surface area contributed by atoms with Gasteiger partial charge in [0.1, 0.15) is 11.9 Å². The number of aliphatic hydroxyl groups is 1. The Kier molecular flexibility index (Phi) is 5.44. The van der Waals surface area contributed by atoms with Crippen molar-refractivity contribution in [2.45, 2.75) is 38.8 Å². The molecule has 25 heavy (non-hydrogen) atoms. The number of hydrogen-bond acceptors (Lipinski definition) is 5. The fourth-order valence-corrected chi connectivity index (χ4v) is 3.83. The third kappa shape index (κ3) is 3.57. The largest absolute Gasteiger partial charge is 0.481 e. The third-order valence-corrected chi connectivity index (χ3v) is 5.28. The molecule has 1 N–H and O–H groups in total. The summed E-state index contributed by atoms with van der Waals surface area (Å²) in [6.45, 7) is 4.91. The Morgan fingerprint density at radius 2 is 2.04 bits per heavy atom. The Bertz CT molecular complexity index is 700. The highest BCUT2D eigenvalue weighted by atomic mass is 16.5. The van der Waals surface area contributed by atoms with Crippen molar-refractivity contribution in [3.05, 3.63) is 29.5 Å². The number of piperidine rings is 1. The molecule has 3 rings (SSSR count). The van der Waals surface area contributed by atoms with E-state index >= 15 is 0 Å². The molecule has 3 heterocycles. The summed E-state index contributed by atoms with van der Waals surface area (Å²) < 4.78 is 9.28. The van der Waals surface area contributed by atoms with Crippen LogP contribution in [0.5, 0.6) is 5.88 Å². The molecule has 0 aliphatic carbocycles. The lowest BCUT2D eigenvalue weighted by atomic mass is 9.90. The smallest absolute Gasteiger partial charge is 0.216 e. The number of methoxy groups -OCH3 is 1. The van der Waals surface area contributed by atoms with Crippen LogP contribution < -0.4 is 4.74 Å². The predicted octanol–water partition coefficient (Wildman–Crippen LogP) is 1.67. The van der Waals surface area contributed by atoms with E-state index in [0.29, 0.717) is 0 Å². The first kappa shape index (κ1) is 17.9. The van der Waals surface area contributed by atoms with Crippen LogP contribution in [-0.2, 0) is 27.1 Å². The van der Waals surface area contributed by atoms with Crippen LogP contribution in [0.4, 0.5) is 0 Å². The zero-order valence-corrected chi connectivity index (χ0v) is 15.6. The van der Waals surface area contributed by atoms with Crippen molar-refractivity contribution in [1.82, 2.24) is 24.2 Å². The molecule has 2 aromatic rings. The van der Waals surface area contributed by atoms with Crippen LogP contribution in [0.3, 0.4) is 0 Å². The second kappa shape index (κ2) is 7.58. The Balaban J connectivity index is 1.63. The maximum absolute atomic E-state index is 10.6. The highest BCUT2D eigenvalue weighted by Gasteiger charge is 2.29. The molecular formula is C18H29N5O2. The molecule has 7 nitrogen and oxygen atoms in total. The van der Waals surface area contributed by atoms with Crippen LogP contribution in [0.25, 0.3) is 0 Å². The van der Waals surface area contributed by atoms with Crippen molar-refractivity contribution in [3.63, 3.8) is 0 Å². The van der Waals surface area contributed by atoms with Gasteiger partial charge in [0.2, 0.25) is 5.88 Å². The van der Waals surface area contributed by atoms with Gasteiger partial charge in [-0.15, -0.1) is 0 Å². The number of ether oxygens (including phenoxy) is 1. The summed E-state index contributed by atoms with van der Waals surface area (Å²) in [7, 11) is 5.56. The fraction of sp³-hybridized carbons (Fsp3) is 0.667. The number of hydrogen-bond donors (Lipinski definition) is 1. The van der Waals surface area contributed by atoms with Crippen molar-refractivity contribution >= 4 is 0 Å². The van der Waals surface area contributed by atoms with Gasteiger partial charge in [0.15, 0.2) is 0 Å². The highest BCUT2D eigenvalue weighted by Crippen LogP contribution is 2.31. The molecule has 0 amide bonds. The minimum absolute atomic E-state index is 0.263. The molecule has 0 saturated carbocycles. The van der Waals surface area contributed by atoms with Gasteiger partial charge in [-0.05, 0) is 38.3 Å². The molecule has 7 heteroatoms. The van der Waals surface area contributed by atoms with E-state index in [2.05, 4.69) is 21.9 Å².